The zero-order valence-corrected chi connectivity index (χ0v) is 15.8. The molecule has 0 saturated carbocycles. The molecular weight excluding hydrogens is 375 g/mol. The Balaban J connectivity index is 1.76. The van der Waals surface area contributed by atoms with Gasteiger partial charge in [-0.05, 0) is 48.9 Å². The Hall–Kier alpha value is -3.31. The van der Waals surface area contributed by atoms with Crippen LogP contribution in [0.25, 0.3) is 22.3 Å². The largest absolute Gasteiger partial charge is 0.260 e. The van der Waals surface area contributed by atoms with E-state index in [1.807, 2.05) is 49.4 Å². The van der Waals surface area contributed by atoms with Gasteiger partial charge in [0.2, 0.25) is 0 Å². The maximum absolute atomic E-state index is 13.1. The van der Waals surface area contributed by atoms with E-state index in [1.54, 1.807) is 18.2 Å². The van der Waals surface area contributed by atoms with Crippen molar-refractivity contribution in [2.75, 3.05) is 5.43 Å². The van der Waals surface area contributed by atoms with Crippen molar-refractivity contribution in [2.45, 2.75) is 6.92 Å². The highest BCUT2D eigenvalue weighted by atomic mass is 35.5. The van der Waals surface area contributed by atoms with E-state index in [0.29, 0.717) is 22.4 Å². The van der Waals surface area contributed by atoms with Crippen LogP contribution in [0.2, 0.25) is 5.02 Å². The fourth-order valence-corrected chi connectivity index (χ4v) is 3.04. The lowest BCUT2D eigenvalue weighted by Gasteiger charge is -2.10. The van der Waals surface area contributed by atoms with Crippen LogP contribution in [0.4, 0.5) is 10.2 Å². The molecule has 0 fully saturated rings. The molecule has 0 aliphatic rings. The number of rotatable bonds is 4. The van der Waals surface area contributed by atoms with Crippen LogP contribution in [0.5, 0.6) is 0 Å². The SMILES string of the molecule is CC(=NNc1nc(-c2ccccc2Cl)nc2ccccc12)c1ccc(F)cc1. The number of aromatic nitrogens is 2. The molecule has 0 amide bonds. The number of fused-ring (bicyclic) bond motifs is 1. The minimum absolute atomic E-state index is 0.282. The van der Waals surface area contributed by atoms with Gasteiger partial charge in [0.1, 0.15) is 5.82 Å². The number of nitrogens with one attached hydrogen (secondary N) is 1. The van der Waals surface area contributed by atoms with Gasteiger partial charge < -0.3 is 0 Å². The Bertz CT molecular complexity index is 1170. The molecule has 0 saturated heterocycles. The van der Waals surface area contributed by atoms with E-state index in [0.717, 1.165) is 22.0 Å². The Morgan fingerprint density at radius 3 is 2.43 bits per heavy atom. The van der Waals surface area contributed by atoms with E-state index in [9.17, 15) is 4.39 Å². The molecule has 0 unspecified atom stereocenters. The normalized spacial score (nSPS) is 11.6. The lowest BCUT2D eigenvalue weighted by molar-refractivity contribution is 0.628. The fraction of sp³-hybridized carbons (Fsp3) is 0.0455. The van der Waals surface area contributed by atoms with Crippen molar-refractivity contribution in [3.63, 3.8) is 0 Å². The maximum atomic E-state index is 13.1. The summed E-state index contributed by atoms with van der Waals surface area (Å²) in [6.45, 7) is 1.85. The van der Waals surface area contributed by atoms with E-state index < -0.39 is 0 Å². The fourth-order valence-electron chi connectivity index (χ4n) is 2.82. The third kappa shape index (κ3) is 3.70. The first kappa shape index (κ1) is 18.1. The van der Waals surface area contributed by atoms with Crippen LogP contribution in [-0.2, 0) is 0 Å². The summed E-state index contributed by atoms with van der Waals surface area (Å²) in [4.78, 5) is 9.27. The zero-order chi connectivity index (χ0) is 19.5. The smallest absolute Gasteiger partial charge is 0.163 e. The number of halogens is 2. The molecule has 28 heavy (non-hydrogen) atoms. The third-order valence-electron chi connectivity index (χ3n) is 4.31. The van der Waals surface area contributed by atoms with Gasteiger partial charge in [-0.25, -0.2) is 14.4 Å². The van der Waals surface area contributed by atoms with Crippen molar-refractivity contribution >= 4 is 34.0 Å². The third-order valence-corrected chi connectivity index (χ3v) is 4.64. The molecule has 4 aromatic rings. The topological polar surface area (TPSA) is 50.2 Å². The first-order valence-corrected chi connectivity index (χ1v) is 9.07. The summed E-state index contributed by atoms with van der Waals surface area (Å²) in [6, 6.07) is 21.3. The Morgan fingerprint density at radius 1 is 0.929 bits per heavy atom. The van der Waals surface area contributed by atoms with E-state index in [4.69, 9.17) is 11.6 Å². The predicted molar refractivity (Wildman–Crippen MR) is 112 cm³/mol. The molecule has 1 N–H and O–H groups in total. The summed E-state index contributed by atoms with van der Waals surface area (Å²) in [5, 5.41) is 5.84. The average Bonchev–Trinajstić information content (AvgIpc) is 2.72. The van der Waals surface area contributed by atoms with Gasteiger partial charge in [0.05, 0.1) is 16.3 Å². The molecule has 0 radical (unpaired) electrons. The van der Waals surface area contributed by atoms with Gasteiger partial charge in [-0.3, -0.25) is 5.43 Å². The van der Waals surface area contributed by atoms with Crippen LogP contribution >= 0.6 is 11.6 Å². The van der Waals surface area contributed by atoms with Crippen LogP contribution < -0.4 is 5.43 Å². The maximum Gasteiger partial charge on any atom is 0.163 e. The van der Waals surface area contributed by atoms with Gasteiger partial charge in [-0.1, -0.05) is 48.0 Å². The standard InChI is InChI=1S/C22H16ClFN4/c1-14(15-10-12-16(24)13-11-15)27-28-22-18-7-3-5-9-20(18)25-21(26-22)17-6-2-4-8-19(17)23/h2-13H,1H3,(H,25,26,28). The molecule has 0 bridgehead atoms. The van der Waals surface area contributed by atoms with Gasteiger partial charge in [0.15, 0.2) is 11.6 Å². The van der Waals surface area contributed by atoms with Crippen molar-refractivity contribution < 1.29 is 4.39 Å². The molecule has 1 heterocycles. The highest BCUT2D eigenvalue weighted by Crippen LogP contribution is 2.29. The highest BCUT2D eigenvalue weighted by molar-refractivity contribution is 6.33. The summed E-state index contributed by atoms with van der Waals surface area (Å²) in [5.74, 6) is 0.805. The van der Waals surface area contributed by atoms with E-state index in [2.05, 4.69) is 20.5 Å². The summed E-state index contributed by atoms with van der Waals surface area (Å²) < 4.78 is 13.1. The molecule has 4 rings (SSSR count). The second-order valence-corrected chi connectivity index (χ2v) is 6.62. The summed E-state index contributed by atoms with van der Waals surface area (Å²) in [7, 11) is 0. The molecule has 1 aromatic heterocycles. The summed E-state index contributed by atoms with van der Waals surface area (Å²) in [5.41, 5.74) is 6.09. The van der Waals surface area contributed by atoms with Gasteiger partial charge in [-0.2, -0.15) is 5.10 Å². The Labute approximate surface area is 166 Å². The second kappa shape index (κ2) is 7.74. The highest BCUT2D eigenvalue weighted by Gasteiger charge is 2.11. The van der Waals surface area contributed by atoms with E-state index >= 15 is 0 Å². The van der Waals surface area contributed by atoms with Crippen molar-refractivity contribution in [3.8, 4) is 11.4 Å². The molecule has 138 valence electrons. The lowest BCUT2D eigenvalue weighted by atomic mass is 10.1. The van der Waals surface area contributed by atoms with Crippen molar-refractivity contribution in [1.82, 2.24) is 9.97 Å². The van der Waals surface area contributed by atoms with Gasteiger partial charge in [-0.15, -0.1) is 0 Å². The molecule has 3 aromatic carbocycles. The Kier molecular flexibility index (Phi) is 5.00. The summed E-state index contributed by atoms with van der Waals surface area (Å²) in [6.07, 6.45) is 0. The predicted octanol–water partition coefficient (Wildman–Crippen LogP) is 5.93. The number of para-hydroxylation sites is 1. The quantitative estimate of drug-likeness (QED) is 0.347. The van der Waals surface area contributed by atoms with E-state index in [-0.39, 0.29) is 5.82 Å². The zero-order valence-electron chi connectivity index (χ0n) is 15.0. The number of hydrazone groups is 1. The minimum Gasteiger partial charge on any atom is -0.260 e. The van der Waals surface area contributed by atoms with E-state index in [1.165, 1.54) is 12.1 Å². The number of nitrogens with zero attached hydrogens (tertiary/aromatic N) is 3. The molecule has 0 aliphatic carbocycles. The number of anilines is 1. The first-order valence-electron chi connectivity index (χ1n) is 8.70. The molecule has 4 nitrogen and oxygen atoms in total. The molecular formula is C22H16ClFN4. The van der Waals surface area contributed by atoms with Crippen LogP contribution in [0.15, 0.2) is 77.9 Å². The van der Waals surface area contributed by atoms with Gasteiger partial charge >= 0.3 is 0 Å². The number of benzene rings is 3. The van der Waals surface area contributed by atoms with Crippen LogP contribution in [-0.4, -0.2) is 15.7 Å². The average molecular weight is 391 g/mol. The van der Waals surface area contributed by atoms with Crippen molar-refractivity contribution in [3.05, 3.63) is 89.2 Å². The van der Waals surface area contributed by atoms with Crippen LogP contribution in [0.1, 0.15) is 12.5 Å². The lowest BCUT2D eigenvalue weighted by Crippen LogP contribution is -2.03. The molecule has 0 spiro atoms. The molecule has 0 atom stereocenters. The Morgan fingerprint density at radius 2 is 1.64 bits per heavy atom. The molecule has 0 aliphatic heterocycles. The van der Waals surface area contributed by atoms with Crippen LogP contribution in [0, 0.1) is 5.82 Å². The monoisotopic (exact) mass is 390 g/mol. The second-order valence-electron chi connectivity index (χ2n) is 6.21. The van der Waals surface area contributed by atoms with Crippen molar-refractivity contribution in [2.24, 2.45) is 5.10 Å². The van der Waals surface area contributed by atoms with Gasteiger partial charge in [0.25, 0.3) is 0 Å². The molecule has 6 heteroatoms. The van der Waals surface area contributed by atoms with Gasteiger partial charge in [0, 0.05) is 10.9 Å². The van der Waals surface area contributed by atoms with Crippen molar-refractivity contribution in [1.29, 1.82) is 0 Å². The number of hydrogen-bond donors (Lipinski definition) is 1. The summed E-state index contributed by atoms with van der Waals surface area (Å²) >= 11 is 6.32. The first-order chi connectivity index (χ1) is 13.6. The van der Waals surface area contributed by atoms with Crippen LogP contribution in [0.3, 0.4) is 0 Å². The number of hydrogen-bond acceptors (Lipinski definition) is 4. The minimum atomic E-state index is -0.282.